The van der Waals surface area contributed by atoms with Crippen molar-refractivity contribution in [3.8, 4) is 0 Å². The molecule has 19 heteroatoms. The van der Waals surface area contributed by atoms with E-state index < -0.39 is 0 Å². The molecule has 78 valence electrons. The summed E-state index contributed by atoms with van der Waals surface area (Å²) in [7, 11) is 22.1. The molecule has 0 rings (SSSR count). The van der Waals surface area contributed by atoms with Crippen molar-refractivity contribution in [2.75, 3.05) is 0 Å². The number of rotatable bonds is 8. The summed E-state index contributed by atoms with van der Waals surface area (Å²) >= 11 is 0. The third kappa shape index (κ3) is 6.98. The van der Waals surface area contributed by atoms with E-state index in [2.05, 4.69) is 76.6 Å². The Bertz CT molecular complexity index is 242. The van der Waals surface area contributed by atoms with Crippen LogP contribution in [0.5, 0.6) is 0 Å². The van der Waals surface area contributed by atoms with E-state index in [1.54, 1.807) is 0 Å². The molecule has 0 unspecified atom stereocenters. The average molecular weight is 228 g/mol. The molecule has 0 saturated heterocycles. The maximum absolute atomic E-state index is 5.03. The van der Waals surface area contributed by atoms with Crippen LogP contribution < -0.4 is 0 Å². The van der Waals surface area contributed by atoms with Crippen molar-refractivity contribution in [1.82, 2.24) is 0 Å². The molecule has 0 aromatic heterocycles. The van der Waals surface area contributed by atoms with Crippen molar-refractivity contribution >= 4 is 129 Å². The van der Waals surface area contributed by atoms with Crippen molar-refractivity contribution in [2.24, 2.45) is 4.81 Å². The first-order chi connectivity index (χ1) is 8.72. The Morgan fingerprint density at radius 1 is 0.737 bits per heavy atom. The molecular formula is H19B18N. The molecule has 19 heavy (non-hydrogen) atoms. The van der Waals surface area contributed by atoms with Gasteiger partial charge in [-0.15, -0.1) is 0 Å². The minimum absolute atomic E-state index is 0.477. The van der Waals surface area contributed by atoms with E-state index in [0.29, 0.717) is 44.9 Å². The molecule has 0 aliphatic heterocycles. The maximum atomic E-state index is 5.03. The SMILES string of the molecule is BBB(B(B)B)B(/N=B/B(B(B)B)B(B)B)B(B)B. The van der Waals surface area contributed by atoms with Gasteiger partial charge in [0.2, 0.25) is 0 Å². The summed E-state index contributed by atoms with van der Waals surface area (Å²) < 4.78 is 0. The molecule has 0 N–H and O–H groups in total. The standard InChI is InChI=1S/B18H19N/c1-10-16(12(2)3)18(15(8)9)19-11-17(13(4)5)14(6)7/h10H,1-9H2. The molecule has 0 aromatic carbocycles. The van der Waals surface area contributed by atoms with Crippen LogP contribution in [0.2, 0.25) is 0 Å². The fraction of sp³-hybridized carbons (Fsp3) is 0. The van der Waals surface area contributed by atoms with E-state index in [1.165, 1.54) is 7.06 Å². The van der Waals surface area contributed by atoms with Crippen LogP contribution in [-0.4, -0.2) is 129 Å². The Morgan fingerprint density at radius 2 is 1.21 bits per heavy atom. The van der Waals surface area contributed by atoms with Crippen molar-refractivity contribution in [1.29, 1.82) is 0 Å². The van der Waals surface area contributed by atoms with Gasteiger partial charge in [0.15, 0.2) is 0 Å². The van der Waals surface area contributed by atoms with Gasteiger partial charge in [0, 0.05) is 0 Å². The van der Waals surface area contributed by atoms with Gasteiger partial charge in [-0.05, 0) is 0 Å². The van der Waals surface area contributed by atoms with E-state index in [9.17, 15) is 0 Å². The normalized spacial score (nSPS) is 9.26. The van der Waals surface area contributed by atoms with Crippen molar-refractivity contribution in [3.63, 3.8) is 0 Å². The average Bonchev–Trinajstić information content (AvgIpc) is 2.26. The summed E-state index contributed by atoms with van der Waals surface area (Å²) in [4.78, 5) is 5.03. The van der Waals surface area contributed by atoms with Crippen molar-refractivity contribution in [3.05, 3.63) is 0 Å². The second-order valence-corrected chi connectivity index (χ2v) is 7.41. The van der Waals surface area contributed by atoms with Crippen molar-refractivity contribution < 1.29 is 0 Å². The zero-order valence-electron chi connectivity index (χ0n) is 14.8. The third-order valence-corrected chi connectivity index (χ3v) is 4.42. The summed E-state index contributed by atoms with van der Waals surface area (Å²) in [5, 5.41) is 0. The quantitative estimate of drug-likeness (QED) is 0.366. The molecule has 0 heterocycles. The van der Waals surface area contributed by atoms with Gasteiger partial charge in [-0.25, -0.2) is 0 Å². The minimum atomic E-state index is 0.477. The Kier molecular flexibility index (Phi) is 10.3. The first-order valence-electron chi connectivity index (χ1n) is 8.25. The van der Waals surface area contributed by atoms with Crippen LogP contribution in [0, 0.1) is 0 Å². The molecule has 0 bridgehead atoms. The predicted molar refractivity (Wildman–Crippen MR) is 133 cm³/mol. The van der Waals surface area contributed by atoms with Gasteiger partial charge in [0.05, 0.1) is 0 Å². The first-order valence-corrected chi connectivity index (χ1v) is 8.25. The number of nitrogens with zero attached hydrogens (tertiary/aromatic N) is 1. The molecule has 0 aliphatic carbocycles. The van der Waals surface area contributed by atoms with E-state index in [1.807, 2.05) is 0 Å². The molecule has 0 aliphatic rings. The van der Waals surface area contributed by atoms with Crippen LogP contribution in [-0.2, 0) is 0 Å². The molecule has 1 nitrogen and oxygen atoms in total. The fourth-order valence-electron chi connectivity index (χ4n) is 3.20. The Labute approximate surface area is 133 Å². The number of hydrogen-bond donors (Lipinski definition) is 0. The Hall–Kier alpha value is 0.969. The van der Waals surface area contributed by atoms with Gasteiger partial charge in [0.1, 0.15) is 0 Å². The zero-order valence-corrected chi connectivity index (χ0v) is 14.8. The Morgan fingerprint density at radius 3 is 1.47 bits per heavy atom. The second-order valence-electron chi connectivity index (χ2n) is 7.41. The van der Waals surface area contributed by atoms with E-state index in [4.69, 9.17) is 4.81 Å². The van der Waals surface area contributed by atoms with E-state index in [-0.39, 0.29) is 0 Å². The zero-order chi connectivity index (χ0) is 15.2. The Balaban J connectivity index is 5.01. The van der Waals surface area contributed by atoms with E-state index in [0.717, 1.165) is 0 Å². The molecular weight excluding hydrogens is 209 g/mol. The van der Waals surface area contributed by atoms with Crippen LogP contribution in [0.1, 0.15) is 0 Å². The van der Waals surface area contributed by atoms with Gasteiger partial charge in [-0.1, -0.05) is 0 Å². The summed E-state index contributed by atoms with van der Waals surface area (Å²) in [6.45, 7) is 2.75. The molecule has 0 spiro atoms. The first kappa shape index (κ1) is 20.0. The van der Waals surface area contributed by atoms with Crippen LogP contribution in [0.3, 0.4) is 0 Å². The number of hydrogen-bond acceptors (Lipinski definition) is 1. The monoisotopic (exact) mass is 231 g/mol. The fourth-order valence-corrected chi connectivity index (χ4v) is 3.20. The van der Waals surface area contributed by atoms with Crippen LogP contribution in [0.4, 0.5) is 0 Å². The van der Waals surface area contributed by atoms with Gasteiger partial charge in [-0.2, -0.15) is 0 Å². The molecule has 0 aromatic rings. The van der Waals surface area contributed by atoms with Gasteiger partial charge in [-0.3, -0.25) is 0 Å². The molecule has 0 radical (unpaired) electrons. The van der Waals surface area contributed by atoms with Crippen LogP contribution in [0.15, 0.2) is 4.81 Å². The van der Waals surface area contributed by atoms with Crippen LogP contribution >= 0.6 is 0 Å². The third-order valence-electron chi connectivity index (χ3n) is 4.42. The van der Waals surface area contributed by atoms with Gasteiger partial charge < -0.3 is 0 Å². The molecule has 0 saturated carbocycles. The molecule has 0 fully saturated rings. The van der Waals surface area contributed by atoms with Gasteiger partial charge in [0.25, 0.3) is 0 Å². The summed E-state index contributed by atoms with van der Waals surface area (Å²) in [5.74, 6) is 0. The molecule has 0 atom stereocenters. The van der Waals surface area contributed by atoms with Gasteiger partial charge >= 0.3 is 133 Å². The van der Waals surface area contributed by atoms with E-state index >= 15 is 0 Å². The topological polar surface area (TPSA) is 12.4 Å². The van der Waals surface area contributed by atoms with Crippen molar-refractivity contribution in [2.45, 2.75) is 0 Å². The second kappa shape index (κ2) is 9.82. The summed E-state index contributed by atoms with van der Waals surface area (Å²) in [5.41, 5.74) is 0. The predicted octanol–water partition coefficient (Wildman–Crippen LogP) is -11.8. The van der Waals surface area contributed by atoms with Crippen LogP contribution in [0.25, 0.3) is 0 Å². The summed E-state index contributed by atoms with van der Waals surface area (Å²) in [6, 6.07) is 0. The summed E-state index contributed by atoms with van der Waals surface area (Å²) in [6.07, 6.45) is 4.00. The molecule has 0 amide bonds.